The summed E-state index contributed by atoms with van der Waals surface area (Å²) in [5, 5.41) is 29.7. The first-order valence-corrected chi connectivity index (χ1v) is 17.9. The molecule has 4 rings (SSSR count). The second-order valence-corrected chi connectivity index (χ2v) is 13.9. The molecule has 0 aliphatic heterocycles. The Kier molecular flexibility index (Phi) is 16.3. The number of alkyl halides is 3. The standard InChI is InChI=1S/C15H11ClF3NO4.C12H9ClN2O3.C5H12NO4P/c1-2-23-14-8-10(4-5-12(14)20(21)22)24-13-6-3-9(7-11(13)16)15(17,18)19;13-11-10(18-8-4-2-1-3-5-8)7-6-9(12(11)14)15(16)17;1-11(9,10)3-2-4(6)5(7)8/h3-8H,2H2,1H3;1-7H,14H2;4H,2-3,6H2,1H3,(H,7,8)(H,9,10). The number of nitro groups is 2. The summed E-state index contributed by atoms with van der Waals surface area (Å²) >= 11 is 11.7. The number of hydrogen-bond acceptors (Lipinski definition) is 11. The van der Waals surface area contributed by atoms with Gasteiger partial charge in [0.2, 0.25) is 5.75 Å². The lowest BCUT2D eigenvalue weighted by molar-refractivity contribution is -0.385. The molecule has 0 bridgehead atoms. The van der Waals surface area contributed by atoms with E-state index in [1.807, 2.05) is 6.07 Å². The number of para-hydroxylation sites is 1. The van der Waals surface area contributed by atoms with Crippen molar-refractivity contribution in [3.8, 4) is 28.7 Å². The molecule has 0 aliphatic carbocycles. The van der Waals surface area contributed by atoms with Gasteiger partial charge in [-0.05, 0) is 55.8 Å². The maximum Gasteiger partial charge on any atom is 0.416 e. The van der Waals surface area contributed by atoms with Crippen molar-refractivity contribution in [2.24, 2.45) is 5.73 Å². The predicted octanol–water partition coefficient (Wildman–Crippen LogP) is 8.77. The van der Waals surface area contributed by atoms with Gasteiger partial charge in [0, 0.05) is 31.0 Å². The minimum absolute atomic E-state index is 0.0111. The number of aliphatic carboxylic acids is 1. The zero-order chi connectivity index (χ0) is 40.1. The molecule has 2 unspecified atom stereocenters. The van der Waals surface area contributed by atoms with Crippen LogP contribution in [0.3, 0.4) is 0 Å². The van der Waals surface area contributed by atoms with Gasteiger partial charge in [-0.3, -0.25) is 29.6 Å². The Morgan fingerprint density at radius 1 is 0.906 bits per heavy atom. The van der Waals surface area contributed by atoms with Gasteiger partial charge in [0.25, 0.3) is 5.69 Å². The van der Waals surface area contributed by atoms with E-state index in [1.54, 1.807) is 31.2 Å². The van der Waals surface area contributed by atoms with E-state index in [-0.39, 0.29) is 69.3 Å². The molecule has 21 heteroatoms. The van der Waals surface area contributed by atoms with Crippen LogP contribution in [0, 0.1) is 20.2 Å². The van der Waals surface area contributed by atoms with Crippen molar-refractivity contribution in [1.82, 2.24) is 0 Å². The number of carboxylic acid groups (broad SMARTS) is 1. The predicted molar refractivity (Wildman–Crippen MR) is 191 cm³/mol. The number of nitrogens with zero attached hydrogens (tertiary/aromatic N) is 2. The van der Waals surface area contributed by atoms with Crippen molar-refractivity contribution in [2.45, 2.75) is 25.6 Å². The number of halogens is 5. The lowest BCUT2D eigenvalue weighted by Crippen LogP contribution is -2.30. The summed E-state index contributed by atoms with van der Waals surface area (Å²) in [7, 11) is -3.10. The second-order valence-electron chi connectivity index (χ2n) is 10.6. The van der Waals surface area contributed by atoms with E-state index in [0.29, 0.717) is 5.75 Å². The van der Waals surface area contributed by atoms with Gasteiger partial charge < -0.3 is 35.7 Å². The van der Waals surface area contributed by atoms with Crippen molar-refractivity contribution in [3.05, 3.63) is 115 Å². The molecule has 0 heterocycles. The Balaban J connectivity index is 0.000000296. The van der Waals surface area contributed by atoms with Gasteiger partial charge in [-0.25, -0.2) is 0 Å². The first kappa shape index (κ1) is 44.0. The van der Waals surface area contributed by atoms with E-state index < -0.39 is 41.0 Å². The lowest BCUT2D eigenvalue weighted by atomic mass is 10.2. The van der Waals surface area contributed by atoms with E-state index in [0.717, 1.165) is 18.2 Å². The van der Waals surface area contributed by atoms with Gasteiger partial charge in [0.15, 0.2) is 7.37 Å². The van der Waals surface area contributed by atoms with Crippen LogP contribution in [0.15, 0.2) is 78.9 Å². The summed E-state index contributed by atoms with van der Waals surface area (Å²) in [6.07, 6.45) is -4.52. The second kappa shape index (κ2) is 19.6. The van der Waals surface area contributed by atoms with Gasteiger partial charge in [0.05, 0.1) is 27.0 Å². The zero-order valence-corrected chi connectivity index (χ0v) is 30.1. The number of nitrogens with two attached hydrogens (primary N) is 2. The van der Waals surface area contributed by atoms with Crippen LogP contribution in [0.2, 0.25) is 10.0 Å². The van der Waals surface area contributed by atoms with Crippen molar-refractivity contribution in [2.75, 3.05) is 25.2 Å². The molecule has 0 radical (unpaired) electrons. The Hall–Kier alpha value is -5.13. The quantitative estimate of drug-likeness (QED) is 0.0453. The highest BCUT2D eigenvalue weighted by molar-refractivity contribution is 7.57. The van der Waals surface area contributed by atoms with Crippen LogP contribution in [0.1, 0.15) is 18.9 Å². The van der Waals surface area contributed by atoms with E-state index in [2.05, 4.69) is 0 Å². The highest BCUT2D eigenvalue weighted by Crippen LogP contribution is 2.40. The fraction of sp³-hybridized carbons (Fsp3) is 0.219. The molecule has 2 atom stereocenters. The summed E-state index contributed by atoms with van der Waals surface area (Å²) in [6.45, 7) is 3.04. The molecule has 0 saturated heterocycles. The molecular weight excluding hydrogens is 775 g/mol. The minimum Gasteiger partial charge on any atom is -0.487 e. The van der Waals surface area contributed by atoms with Crippen molar-refractivity contribution in [1.29, 1.82) is 0 Å². The molecular formula is C32H32Cl2F3N4O11P. The molecule has 0 fully saturated rings. The van der Waals surface area contributed by atoms with Gasteiger partial charge in [0.1, 0.15) is 39.7 Å². The molecule has 0 amide bonds. The van der Waals surface area contributed by atoms with Crippen LogP contribution < -0.4 is 25.7 Å². The topological polar surface area (TPSA) is 241 Å². The number of nitro benzene ring substituents is 2. The molecule has 53 heavy (non-hydrogen) atoms. The van der Waals surface area contributed by atoms with E-state index >= 15 is 0 Å². The molecule has 0 saturated carbocycles. The van der Waals surface area contributed by atoms with Crippen molar-refractivity contribution >= 4 is 53.6 Å². The van der Waals surface area contributed by atoms with E-state index in [1.165, 1.54) is 37.0 Å². The summed E-state index contributed by atoms with van der Waals surface area (Å²) < 4.78 is 64.5. The summed E-state index contributed by atoms with van der Waals surface area (Å²) in [6, 6.07) is 17.0. The summed E-state index contributed by atoms with van der Waals surface area (Å²) in [4.78, 5) is 39.3. The average Bonchev–Trinajstić information content (AvgIpc) is 3.07. The molecule has 15 nitrogen and oxygen atoms in total. The third-order valence-electron chi connectivity index (χ3n) is 6.38. The minimum atomic E-state index is -4.52. The van der Waals surface area contributed by atoms with Crippen LogP contribution in [-0.4, -0.2) is 51.3 Å². The summed E-state index contributed by atoms with van der Waals surface area (Å²) in [5.74, 6) is -0.160. The number of benzene rings is 4. The van der Waals surface area contributed by atoms with Crippen LogP contribution in [0.4, 0.5) is 30.2 Å². The van der Waals surface area contributed by atoms with Crippen LogP contribution >= 0.6 is 30.6 Å². The van der Waals surface area contributed by atoms with E-state index in [9.17, 15) is 42.8 Å². The highest BCUT2D eigenvalue weighted by atomic mass is 35.5. The largest absolute Gasteiger partial charge is 0.487 e. The molecule has 0 aromatic heterocycles. The molecule has 6 N–H and O–H groups in total. The molecule has 4 aromatic rings. The third-order valence-corrected chi connectivity index (χ3v) is 8.15. The van der Waals surface area contributed by atoms with Crippen LogP contribution in [0.5, 0.6) is 28.7 Å². The monoisotopic (exact) mass is 806 g/mol. The van der Waals surface area contributed by atoms with Gasteiger partial charge >= 0.3 is 17.8 Å². The fourth-order valence-electron chi connectivity index (χ4n) is 3.79. The number of carbonyl (C=O) groups is 1. The molecule has 286 valence electrons. The zero-order valence-electron chi connectivity index (χ0n) is 27.7. The Bertz CT molecular complexity index is 1950. The lowest BCUT2D eigenvalue weighted by Gasteiger charge is -2.12. The first-order chi connectivity index (χ1) is 24.6. The third kappa shape index (κ3) is 14.4. The Morgan fingerprint density at radius 2 is 1.47 bits per heavy atom. The normalized spacial score (nSPS) is 12.4. The fourth-order valence-corrected chi connectivity index (χ4v) is 4.96. The number of carboxylic acids is 1. The van der Waals surface area contributed by atoms with Crippen LogP contribution in [0.25, 0.3) is 0 Å². The Morgan fingerprint density at radius 3 is 1.98 bits per heavy atom. The summed E-state index contributed by atoms with van der Waals surface area (Å²) in [5.41, 5.74) is 9.19. The van der Waals surface area contributed by atoms with Gasteiger partial charge in [-0.1, -0.05) is 41.4 Å². The number of ether oxygens (including phenoxy) is 3. The Labute approximate surface area is 309 Å². The maximum absolute atomic E-state index is 12.6. The van der Waals surface area contributed by atoms with Gasteiger partial charge in [-0.2, -0.15) is 13.2 Å². The SMILES string of the molecule is CCOc1cc(Oc2ccc(C(F)(F)F)cc2Cl)ccc1[N+](=O)[O-].CP(=O)(O)CCC(N)C(=O)O.Nc1c([N+](=O)[O-])ccc(Oc2ccccc2)c1Cl. The number of nitrogen functional groups attached to an aromatic ring is 1. The van der Waals surface area contributed by atoms with Gasteiger partial charge in [-0.15, -0.1) is 0 Å². The maximum atomic E-state index is 12.6. The number of rotatable bonds is 12. The van der Waals surface area contributed by atoms with Crippen LogP contribution in [-0.2, 0) is 15.5 Å². The highest BCUT2D eigenvalue weighted by Gasteiger charge is 2.31. The smallest absolute Gasteiger partial charge is 0.416 e. The average molecular weight is 807 g/mol. The number of anilines is 1. The molecule has 0 aliphatic rings. The van der Waals surface area contributed by atoms with E-state index in [4.69, 9.17) is 58.9 Å². The van der Waals surface area contributed by atoms with Crippen molar-refractivity contribution in [3.63, 3.8) is 0 Å². The van der Waals surface area contributed by atoms with Crippen molar-refractivity contribution < 1.29 is 56.6 Å². The number of hydrogen-bond donors (Lipinski definition) is 4. The molecule has 0 spiro atoms. The first-order valence-electron chi connectivity index (χ1n) is 14.8. The molecule has 4 aromatic carbocycles.